The van der Waals surface area contributed by atoms with Crippen LogP contribution in [-0.4, -0.2) is 5.91 Å². The molecule has 1 N–H and O–H groups in total. The second kappa shape index (κ2) is 4.69. The van der Waals surface area contributed by atoms with Crippen molar-refractivity contribution in [2.24, 2.45) is 0 Å². The third-order valence-corrected chi connectivity index (χ3v) is 3.46. The molecule has 3 heteroatoms. The highest BCUT2D eigenvalue weighted by molar-refractivity contribution is 5.94. The number of amides is 1. The van der Waals surface area contributed by atoms with Crippen molar-refractivity contribution < 1.29 is 9.21 Å². The van der Waals surface area contributed by atoms with Gasteiger partial charge in [0, 0.05) is 0 Å². The van der Waals surface area contributed by atoms with Crippen LogP contribution in [0.4, 0.5) is 0 Å². The second-order valence-electron chi connectivity index (χ2n) is 4.63. The van der Waals surface area contributed by atoms with Crippen molar-refractivity contribution in [1.29, 1.82) is 0 Å². The van der Waals surface area contributed by atoms with Gasteiger partial charge in [0.2, 0.25) is 0 Å². The number of hydrogen-bond acceptors (Lipinski definition) is 2. The van der Waals surface area contributed by atoms with E-state index in [4.69, 9.17) is 4.42 Å². The summed E-state index contributed by atoms with van der Waals surface area (Å²) in [4.78, 5) is 12.0. The summed E-state index contributed by atoms with van der Waals surface area (Å²) in [5.74, 6) is -0.0644. The standard InChI is InChI=1S/C15H15NO2/c17-15(12-8-9-18-10-12)16-14-7-3-5-11-4-1-2-6-13(11)14/h1-2,4,6,8-10,14H,3,5,7H2,(H,16,17). The third-order valence-electron chi connectivity index (χ3n) is 3.46. The minimum Gasteiger partial charge on any atom is -0.472 e. The number of carbonyl (C=O) groups excluding carboxylic acids is 1. The average molecular weight is 241 g/mol. The molecule has 0 radical (unpaired) electrons. The quantitative estimate of drug-likeness (QED) is 0.877. The zero-order valence-electron chi connectivity index (χ0n) is 10.1. The lowest BCUT2D eigenvalue weighted by Gasteiger charge is -2.26. The molecule has 0 bridgehead atoms. The van der Waals surface area contributed by atoms with Crippen LogP contribution >= 0.6 is 0 Å². The molecule has 1 aromatic heterocycles. The predicted molar refractivity (Wildman–Crippen MR) is 68.3 cm³/mol. The van der Waals surface area contributed by atoms with Gasteiger partial charge in [0.1, 0.15) is 6.26 Å². The molecular formula is C15H15NO2. The number of benzene rings is 1. The molecule has 2 aromatic rings. The summed E-state index contributed by atoms with van der Waals surface area (Å²) in [6.07, 6.45) is 6.22. The molecule has 0 aliphatic heterocycles. The molecule has 3 nitrogen and oxygen atoms in total. The zero-order valence-corrected chi connectivity index (χ0v) is 10.1. The summed E-state index contributed by atoms with van der Waals surface area (Å²) in [5, 5.41) is 3.08. The molecule has 0 spiro atoms. The van der Waals surface area contributed by atoms with E-state index in [1.807, 2.05) is 6.07 Å². The first-order valence-corrected chi connectivity index (χ1v) is 6.25. The van der Waals surface area contributed by atoms with Gasteiger partial charge in [-0.25, -0.2) is 0 Å². The highest BCUT2D eigenvalue weighted by Gasteiger charge is 2.21. The van der Waals surface area contributed by atoms with E-state index in [0.717, 1.165) is 19.3 Å². The topological polar surface area (TPSA) is 42.2 Å². The van der Waals surface area contributed by atoms with Crippen molar-refractivity contribution in [3.63, 3.8) is 0 Å². The van der Waals surface area contributed by atoms with Crippen molar-refractivity contribution in [2.75, 3.05) is 0 Å². The smallest absolute Gasteiger partial charge is 0.255 e. The fraction of sp³-hybridized carbons (Fsp3) is 0.267. The molecule has 18 heavy (non-hydrogen) atoms. The summed E-state index contributed by atoms with van der Waals surface area (Å²) in [5.41, 5.74) is 3.18. The van der Waals surface area contributed by atoms with E-state index in [9.17, 15) is 4.79 Å². The molecule has 1 amide bonds. The second-order valence-corrected chi connectivity index (χ2v) is 4.63. The Kier molecular flexibility index (Phi) is 2.89. The lowest BCUT2D eigenvalue weighted by molar-refractivity contribution is 0.0932. The number of furan rings is 1. The fourth-order valence-corrected chi connectivity index (χ4v) is 2.54. The van der Waals surface area contributed by atoms with Gasteiger partial charge in [-0.05, 0) is 36.5 Å². The van der Waals surface area contributed by atoms with Crippen LogP contribution in [0.25, 0.3) is 0 Å². The van der Waals surface area contributed by atoms with Crippen LogP contribution in [0.1, 0.15) is 40.4 Å². The minimum absolute atomic E-state index is 0.0644. The van der Waals surface area contributed by atoms with E-state index in [-0.39, 0.29) is 11.9 Å². The Hall–Kier alpha value is -2.03. The van der Waals surface area contributed by atoms with Gasteiger partial charge < -0.3 is 9.73 Å². The van der Waals surface area contributed by atoms with E-state index in [2.05, 4.69) is 23.5 Å². The van der Waals surface area contributed by atoms with Gasteiger partial charge in [0.05, 0.1) is 17.9 Å². The maximum absolute atomic E-state index is 12.0. The molecule has 1 aliphatic carbocycles. The molecule has 92 valence electrons. The van der Waals surface area contributed by atoms with Crippen LogP contribution in [0.15, 0.2) is 47.3 Å². The Morgan fingerprint density at radius 1 is 1.28 bits per heavy atom. The molecule has 3 rings (SSSR count). The predicted octanol–water partition coefficient (Wildman–Crippen LogP) is 3.09. The maximum Gasteiger partial charge on any atom is 0.255 e. The Morgan fingerprint density at radius 3 is 3.00 bits per heavy atom. The highest BCUT2D eigenvalue weighted by Crippen LogP contribution is 2.29. The highest BCUT2D eigenvalue weighted by atomic mass is 16.3. The Balaban J connectivity index is 1.80. The third kappa shape index (κ3) is 2.04. The van der Waals surface area contributed by atoms with Crippen LogP contribution in [0, 0.1) is 0 Å². The SMILES string of the molecule is O=C(NC1CCCc2ccccc21)c1ccoc1. The van der Waals surface area contributed by atoms with Gasteiger partial charge in [0.15, 0.2) is 0 Å². The Bertz CT molecular complexity index is 545. The van der Waals surface area contributed by atoms with Crippen molar-refractivity contribution in [2.45, 2.75) is 25.3 Å². The summed E-state index contributed by atoms with van der Waals surface area (Å²) >= 11 is 0. The van der Waals surface area contributed by atoms with E-state index < -0.39 is 0 Å². The number of fused-ring (bicyclic) bond motifs is 1. The number of carbonyl (C=O) groups is 1. The lowest BCUT2D eigenvalue weighted by Crippen LogP contribution is -2.30. The van der Waals surface area contributed by atoms with Crippen molar-refractivity contribution in [1.82, 2.24) is 5.32 Å². The molecule has 1 aromatic carbocycles. The van der Waals surface area contributed by atoms with Gasteiger partial charge in [-0.2, -0.15) is 0 Å². The van der Waals surface area contributed by atoms with E-state index in [0.29, 0.717) is 5.56 Å². The van der Waals surface area contributed by atoms with Gasteiger partial charge in [-0.3, -0.25) is 4.79 Å². The number of nitrogens with one attached hydrogen (secondary N) is 1. The normalized spacial score (nSPS) is 18.1. The Labute approximate surface area is 106 Å². The van der Waals surface area contributed by atoms with E-state index >= 15 is 0 Å². The van der Waals surface area contributed by atoms with Gasteiger partial charge in [-0.1, -0.05) is 24.3 Å². The first-order chi connectivity index (χ1) is 8.84. The van der Waals surface area contributed by atoms with Crippen LogP contribution in [0.3, 0.4) is 0 Å². The minimum atomic E-state index is -0.0644. The van der Waals surface area contributed by atoms with Crippen LogP contribution in [0.2, 0.25) is 0 Å². The van der Waals surface area contributed by atoms with Crippen molar-refractivity contribution >= 4 is 5.91 Å². The monoisotopic (exact) mass is 241 g/mol. The van der Waals surface area contributed by atoms with Gasteiger partial charge >= 0.3 is 0 Å². The summed E-state index contributed by atoms with van der Waals surface area (Å²) in [7, 11) is 0. The van der Waals surface area contributed by atoms with Gasteiger partial charge in [0.25, 0.3) is 5.91 Å². The van der Waals surface area contributed by atoms with Gasteiger partial charge in [-0.15, -0.1) is 0 Å². The van der Waals surface area contributed by atoms with Crippen molar-refractivity contribution in [3.8, 4) is 0 Å². The first kappa shape index (κ1) is 11.1. The molecule has 1 unspecified atom stereocenters. The Morgan fingerprint density at radius 2 is 2.17 bits per heavy atom. The molecule has 1 aliphatic rings. The molecule has 0 saturated carbocycles. The maximum atomic E-state index is 12.0. The molecule has 1 atom stereocenters. The molecule has 1 heterocycles. The molecule has 0 saturated heterocycles. The summed E-state index contributed by atoms with van der Waals surface area (Å²) < 4.78 is 4.93. The first-order valence-electron chi connectivity index (χ1n) is 6.25. The van der Waals surface area contributed by atoms with Crippen LogP contribution < -0.4 is 5.32 Å². The molecule has 0 fully saturated rings. The lowest BCUT2D eigenvalue weighted by atomic mass is 9.87. The summed E-state index contributed by atoms with van der Waals surface area (Å²) in [6, 6.07) is 10.1. The number of hydrogen-bond donors (Lipinski definition) is 1. The zero-order chi connectivity index (χ0) is 12.4. The van der Waals surface area contributed by atoms with Crippen molar-refractivity contribution in [3.05, 3.63) is 59.5 Å². The van der Waals surface area contributed by atoms with E-state index in [1.54, 1.807) is 6.07 Å². The van der Waals surface area contributed by atoms with Crippen LogP contribution in [-0.2, 0) is 6.42 Å². The van der Waals surface area contributed by atoms with Crippen LogP contribution in [0.5, 0.6) is 0 Å². The fourth-order valence-electron chi connectivity index (χ4n) is 2.54. The number of aryl methyl sites for hydroxylation is 1. The molecular weight excluding hydrogens is 226 g/mol. The average Bonchev–Trinajstić information content (AvgIpc) is 2.93. The van der Waals surface area contributed by atoms with E-state index in [1.165, 1.54) is 23.7 Å². The number of rotatable bonds is 2. The largest absolute Gasteiger partial charge is 0.472 e. The summed E-state index contributed by atoms with van der Waals surface area (Å²) in [6.45, 7) is 0.